The van der Waals surface area contributed by atoms with Gasteiger partial charge in [-0.2, -0.15) is 4.40 Å². The zero-order valence-corrected chi connectivity index (χ0v) is 19.5. The van der Waals surface area contributed by atoms with E-state index in [2.05, 4.69) is 93.1 Å². The van der Waals surface area contributed by atoms with Gasteiger partial charge < -0.3 is 0 Å². The van der Waals surface area contributed by atoms with E-state index in [0.717, 1.165) is 13.0 Å². The van der Waals surface area contributed by atoms with Crippen LogP contribution in [0.3, 0.4) is 0 Å². The number of pyridine rings is 1. The molecule has 0 atom stereocenters. The lowest BCUT2D eigenvalue weighted by atomic mass is 9.72. The monoisotopic (exact) mass is 399 g/mol. The van der Waals surface area contributed by atoms with Crippen LogP contribution in [0, 0.1) is 12.3 Å². The highest BCUT2D eigenvalue weighted by molar-refractivity contribution is 6.11. The van der Waals surface area contributed by atoms with Crippen LogP contribution in [-0.2, 0) is 18.4 Å². The molecule has 0 N–H and O–H groups in total. The molecule has 2 nitrogen and oxygen atoms in total. The second-order valence-corrected chi connectivity index (χ2v) is 10.7. The Labute approximate surface area is 180 Å². The molecule has 30 heavy (non-hydrogen) atoms. The van der Waals surface area contributed by atoms with Gasteiger partial charge in [0.25, 0.3) is 5.65 Å². The van der Waals surface area contributed by atoms with Crippen LogP contribution in [0.5, 0.6) is 0 Å². The van der Waals surface area contributed by atoms with Gasteiger partial charge in [-0.25, -0.2) is 4.57 Å². The van der Waals surface area contributed by atoms with E-state index in [1.807, 2.05) is 0 Å². The summed E-state index contributed by atoms with van der Waals surface area (Å²) in [6.45, 7) is 15.1. The van der Waals surface area contributed by atoms with Gasteiger partial charge in [0.05, 0.1) is 11.9 Å². The molecule has 1 aliphatic heterocycles. The molecule has 0 radical (unpaired) electrons. The molecule has 5 rings (SSSR count). The van der Waals surface area contributed by atoms with Crippen LogP contribution < -0.4 is 4.40 Å². The number of hydrogen-bond acceptors (Lipinski definition) is 0. The first kappa shape index (κ1) is 19.6. The fraction of sp³-hybridized carbons (Fsp3) is 0.464. The van der Waals surface area contributed by atoms with Crippen LogP contribution in [0.1, 0.15) is 70.7 Å². The zero-order chi connectivity index (χ0) is 21.3. The molecule has 1 aliphatic rings. The number of rotatable bonds is 3. The van der Waals surface area contributed by atoms with Gasteiger partial charge in [-0.1, -0.05) is 58.9 Å². The maximum atomic E-state index is 2.57. The summed E-state index contributed by atoms with van der Waals surface area (Å²) < 4.78 is 5.04. The fourth-order valence-electron chi connectivity index (χ4n) is 5.97. The van der Waals surface area contributed by atoms with E-state index in [0.29, 0.717) is 0 Å². The van der Waals surface area contributed by atoms with E-state index in [4.69, 9.17) is 0 Å². The molecular formula is C28H35N2+. The third-order valence-corrected chi connectivity index (χ3v) is 7.60. The van der Waals surface area contributed by atoms with Crippen molar-refractivity contribution >= 4 is 27.3 Å². The number of imidazole rings is 1. The minimum atomic E-state index is 0.259. The van der Waals surface area contributed by atoms with Crippen LogP contribution in [-0.4, -0.2) is 4.57 Å². The molecule has 0 spiro atoms. The number of nitrogens with zero attached hydrogens (tertiary/aromatic N) is 2. The highest BCUT2D eigenvalue weighted by Gasteiger charge is 2.37. The number of fused-ring (bicyclic) bond motifs is 3. The van der Waals surface area contributed by atoms with Crippen molar-refractivity contribution in [1.82, 2.24) is 4.57 Å². The van der Waals surface area contributed by atoms with Crippen molar-refractivity contribution < 1.29 is 4.40 Å². The summed E-state index contributed by atoms with van der Waals surface area (Å²) in [5.74, 6) is 0. The molecular weight excluding hydrogens is 364 g/mol. The van der Waals surface area contributed by atoms with Crippen molar-refractivity contribution in [1.29, 1.82) is 0 Å². The Morgan fingerprint density at radius 3 is 2.50 bits per heavy atom. The van der Waals surface area contributed by atoms with E-state index < -0.39 is 0 Å². The molecule has 2 heteroatoms. The van der Waals surface area contributed by atoms with Crippen LogP contribution >= 0.6 is 0 Å². The standard InChI is InChI=1S/C28H35N2/c1-7-28(8-2)14-15-29-19(3)18-30-24-13-12-20(17-27(4,5)6)16-22(24)21-10-9-11-23(28)25(21)26(29)30/h9-13,16,18H,7-8,14-15,17H2,1-6H3/q+1. The van der Waals surface area contributed by atoms with Gasteiger partial charge in [-0.3, -0.25) is 0 Å². The molecule has 2 aromatic carbocycles. The Balaban J connectivity index is 1.97. The topological polar surface area (TPSA) is 9.03 Å². The molecule has 0 aliphatic carbocycles. The molecule has 2 aromatic heterocycles. The highest BCUT2D eigenvalue weighted by atomic mass is 15.1. The van der Waals surface area contributed by atoms with Crippen molar-refractivity contribution in [3.05, 3.63) is 59.4 Å². The van der Waals surface area contributed by atoms with Crippen LogP contribution in [0.4, 0.5) is 0 Å². The van der Waals surface area contributed by atoms with Crippen molar-refractivity contribution in [2.75, 3.05) is 0 Å². The first-order valence-electron chi connectivity index (χ1n) is 11.7. The predicted molar refractivity (Wildman–Crippen MR) is 127 cm³/mol. The molecule has 156 valence electrons. The minimum absolute atomic E-state index is 0.259. The molecule has 0 amide bonds. The second kappa shape index (κ2) is 6.57. The second-order valence-electron chi connectivity index (χ2n) is 10.7. The first-order valence-corrected chi connectivity index (χ1v) is 11.7. The molecule has 4 aromatic rings. The Morgan fingerprint density at radius 1 is 1.03 bits per heavy atom. The maximum absolute atomic E-state index is 2.57. The Morgan fingerprint density at radius 2 is 1.80 bits per heavy atom. The van der Waals surface area contributed by atoms with Gasteiger partial charge in [-0.15, -0.1) is 0 Å². The molecule has 0 bridgehead atoms. The Hall–Kier alpha value is -2.35. The van der Waals surface area contributed by atoms with Crippen molar-refractivity contribution in [3.8, 4) is 0 Å². The SMILES string of the molecule is CCC1(CC)CCn2c(C)c[n+]3c4ccc(CC(C)(C)C)cc4c4cccc1c4c23. The number of benzene rings is 2. The van der Waals surface area contributed by atoms with Gasteiger partial charge in [0, 0.05) is 17.7 Å². The Bertz CT molecular complexity index is 1280. The summed E-state index contributed by atoms with van der Waals surface area (Å²) in [5, 5.41) is 4.30. The lowest BCUT2D eigenvalue weighted by molar-refractivity contribution is -0.479. The summed E-state index contributed by atoms with van der Waals surface area (Å²) in [4.78, 5) is 0. The average Bonchev–Trinajstić information content (AvgIpc) is 2.95. The predicted octanol–water partition coefficient (Wildman–Crippen LogP) is 6.89. The quantitative estimate of drug-likeness (QED) is 0.262. The summed E-state index contributed by atoms with van der Waals surface area (Å²) >= 11 is 0. The number of aromatic nitrogens is 2. The zero-order valence-electron chi connectivity index (χ0n) is 19.5. The number of hydrogen-bond donors (Lipinski definition) is 0. The number of aryl methyl sites for hydroxylation is 2. The van der Waals surface area contributed by atoms with E-state index in [-0.39, 0.29) is 10.8 Å². The third kappa shape index (κ3) is 2.72. The summed E-state index contributed by atoms with van der Waals surface area (Å²) in [6, 6.07) is 14.2. The largest absolute Gasteiger partial charge is 0.295 e. The van der Waals surface area contributed by atoms with E-state index in [1.54, 1.807) is 5.56 Å². The lowest BCUT2D eigenvalue weighted by Gasteiger charge is -2.31. The molecule has 0 saturated heterocycles. The summed E-state index contributed by atoms with van der Waals surface area (Å²) in [7, 11) is 0. The van der Waals surface area contributed by atoms with Crippen LogP contribution in [0.2, 0.25) is 0 Å². The normalized spacial score (nSPS) is 16.1. The Kier molecular flexibility index (Phi) is 4.29. The van der Waals surface area contributed by atoms with E-state index >= 15 is 0 Å². The van der Waals surface area contributed by atoms with Gasteiger partial charge in [0.1, 0.15) is 17.4 Å². The van der Waals surface area contributed by atoms with Crippen molar-refractivity contribution in [3.63, 3.8) is 0 Å². The van der Waals surface area contributed by atoms with Gasteiger partial charge in [-0.05, 0) is 59.8 Å². The first-order chi connectivity index (χ1) is 14.3. The van der Waals surface area contributed by atoms with E-state index in [9.17, 15) is 0 Å². The van der Waals surface area contributed by atoms with Gasteiger partial charge in [0.2, 0.25) is 0 Å². The van der Waals surface area contributed by atoms with Crippen molar-refractivity contribution in [2.45, 2.75) is 79.2 Å². The van der Waals surface area contributed by atoms with E-state index in [1.165, 1.54) is 57.8 Å². The molecule has 0 fully saturated rings. The van der Waals surface area contributed by atoms with Crippen molar-refractivity contribution in [2.24, 2.45) is 5.41 Å². The minimum Gasteiger partial charge on any atom is -0.227 e. The average molecular weight is 400 g/mol. The van der Waals surface area contributed by atoms with Gasteiger partial charge >= 0.3 is 0 Å². The smallest absolute Gasteiger partial charge is 0.227 e. The molecule has 0 saturated carbocycles. The third-order valence-electron chi connectivity index (χ3n) is 7.60. The fourth-order valence-corrected chi connectivity index (χ4v) is 5.97. The van der Waals surface area contributed by atoms with Crippen LogP contribution in [0.25, 0.3) is 27.3 Å². The maximum Gasteiger partial charge on any atom is 0.295 e. The van der Waals surface area contributed by atoms with Crippen LogP contribution in [0.15, 0.2) is 42.6 Å². The summed E-state index contributed by atoms with van der Waals surface area (Å²) in [5.41, 5.74) is 7.61. The van der Waals surface area contributed by atoms with Gasteiger partial charge in [0.15, 0.2) is 0 Å². The summed E-state index contributed by atoms with van der Waals surface area (Å²) in [6.07, 6.45) is 7.05. The molecule has 3 heterocycles. The molecule has 0 unspecified atom stereocenters. The lowest BCUT2D eigenvalue weighted by Crippen LogP contribution is -2.26. The highest BCUT2D eigenvalue weighted by Crippen LogP contribution is 2.44.